The first kappa shape index (κ1) is 25.8. The number of allylic oxidation sites excluding steroid dienone is 1. The molecule has 0 bridgehead atoms. The number of esters is 1. The molecule has 3 aromatic rings. The third-order valence-corrected chi connectivity index (χ3v) is 6.40. The van der Waals surface area contributed by atoms with E-state index in [4.69, 9.17) is 4.74 Å². The maximum Gasteiger partial charge on any atom is 0.339 e. The molecule has 1 heterocycles. The lowest BCUT2D eigenvalue weighted by Gasteiger charge is -2.25. The number of para-hydroxylation sites is 1. The average molecular weight is 496 g/mol. The van der Waals surface area contributed by atoms with Crippen molar-refractivity contribution in [1.29, 1.82) is 0 Å². The van der Waals surface area contributed by atoms with Crippen LogP contribution in [-0.2, 0) is 24.5 Å². The number of cyclic esters (lactones) is 1. The van der Waals surface area contributed by atoms with E-state index >= 15 is 0 Å². The largest absolute Gasteiger partial charge is 0.453 e. The van der Waals surface area contributed by atoms with Crippen molar-refractivity contribution < 1.29 is 23.9 Å². The number of carbonyl (C=O) groups is 4. The SMILES string of the molecule is Cc1cccc(C(C)(C)C)c1NC(=O)C(=O)[C@@H](C(=O)/C=C/c1ccccc1)[C@@H]1OC(=O)c2ccccc21. The summed E-state index contributed by atoms with van der Waals surface area (Å²) in [7, 11) is 0. The number of aryl methyl sites for hydroxylation is 1. The first-order valence-corrected chi connectivity index (χ1v) is 12.1. The Hall–Kier alpha value is -4.32. The lowest BCUT2D eigenvalue weighted by molar-refractivity contribution is -0.143. The van der Waals surface area contributed by atoms with Crippen molar-refractivity contribution in [1.82, 2.24) is 0 Å². The van der Waals surface area contributed by atoms with Gasteiger partial charge in [0.15, 0.2) is 5.78 Å². The molecule has 0 fully saturated rings. The smallest absolute Gasteiger partial charge is 0.339 e. The number of hydrogen-bond donors (Lipinski definition) is 1. The molecular weight excluding hydrogens is 466 g/mol. The molecule has 1 amide bonds. The van der Waals surface area contributed by atoms with E-state index in [1.807, 2.05) is 76.2 Å². The van der Waals surface area contributed by atoms with E-state index in [1.165, 1.54) is 6.08 Å². The predicted octanol–water partition coefficient (Wildman–Crippen LogP) is 5.61. The molecule has 0 saturated heterocycles. The quantitative estimate of drug-likeness (QED) is 0.199. The molecule has 1 aliphatic heterocycles. The molecule has 6 heteroatoms. The third-order valence-electron chi connectivity index (χ3n) is 6.40. The summed E-state index contributed by atoms with van der Waals surface area (Å²) >= 11 is 0. The molecule has 2 atom stereocenters. The summed E-state index contributed by atoms with van der Waals surface area (Å²) < 4.78 is 5.50. The number of ketones is 2. The van der Waals surface area contributed by atoms with Crippen LogP contribution in [0.3, 0.4) is 0 Å². The molecule has 0 spiro atoms. The molecule has 1 N–H and O–H groups in total. The van der Waals surface area contributed by atoms with E-state index in [0.29, 0.717) is 11.3 Å². The minimum absolute atomic E-state index is 0.277. The zero-order valence-electron chi connectivity index (χ0n) is 21.3. The summed E-state index contributed by atoms with van der Waals surface area (Å²) in [5, 5.41) is 2.75. The Kier molecular flexibility index (Phi) is 7.21. The van der Waals surface area contributed by atoms with Crippen molar-refractivity contribution in [3.05, 3.63) is 107 Å². The van der Waals surface area contributed by atoms with Gasteiger partial charge < -0.3 is 10.1 Å². The lowest BCUT2D eigenvalue weighted by Crippen LogP contribution is -2.38. The van der Waals surface area contributed by atoms with Crippen LogP contribution in [-0.4, -0.2) is 23.4 Å². The Balaban J connectivity index is 1.70. The summed E-state index contributed by atoms with van der Waals surface area (Å²) in [6.07, 6.45) is 1.63. The van der Waals surface area contributed by atoms with Gasteiger partial charge >= 0.3 is 5.97 Å². The Bertz CT molecular complexity index is 1400. The van der Waals surface area contributed by atoms with E-state index in [0.717, 1.165) is 16.7 Å². The number of ether oxygens (including phenoxy) is 1. The number of amides is 1. The van der Waals surface area contributed by atoms with Crippen molar-refractivity contribution in [2.24, 2.45) is 5.92 Å². The fourth-order valence-corrected chi connectivity index (χ4v) is 4.46. The summed E-state index contributed by atoms with van der Waals surface area (Å²) in [6.45, 7) is 7.87. The van der Waals surface area contributed by atoms with Gasteiger partial charge in [0.05, 0.1) is 5.56 Å². The number of rotatable bonds is 7. The number of nitrogens with one attached hydrogen (secondary N) is 1. The molecular formula is C31H29NO5. The predicted molar refractivity (Wildman–Crippen MR) is 142 cm³/mol. The van der Waals surface area contributed by atoms with Crippen LogP contribution in [0, 0.1) is 12.8 Å². The van der Waals surface area contributed by atoms with Gasteiger partial charge in [-0.05, 0) is 41.2 Å². The van der Waals surface area contributed by atoms with E-state index in [9.17, 15) is 19.2 Å². The molecule has 37 heavy (non-hydrogen) atoms. The maximum atomic E-state index is 13.6. The second-order valence-electron chi connectivity index (χ2n) is 10.1. The van der Waals surface area contributed by atoms with Crippen molar-refractivity contribution >= 4 is 35.2 Å². The molecule has 4 rings (SSSR count). The number of benzene rings is 3. The number of carbonyl (C=O) groups excluding carboxylic acids is 4. The summed E-state index contributed by atoms with van der Waals surface area (Å²) in [4.78, 5) is 52.9. The summed E-state index contributed by atoms with van der Waals surface area (Å²) in [5.74, 6) is -4.70. The molecule has 0 radical (unpaired) electrons. The van der Waals surface area contributed by atoms with Crippen molar-refractivity contribution in [3.63, 3.8) is 0 Å². The minimum atomic E-state index is -1.53. The molecule has 188 valence electrons. The van der Waals surface area contributed by atoms with Crippen LogP contribution in [0.15, 0.2) is 78.9 Å². The second-order valence-corrected chi connectivity index (χ2v) is 10.1. The molecule has 0 unspecified atom stereocenters. The van der Waals surface area contributed by atoms with Gasteiger partial charge in [-0.15, -0.1) is 0 Å². The van der Waals surface area contributed by atoms with E-state index in [2.05, 4.69) is 5.32 Å². The van der Waals surface area contributed by atoms with E-state index in [1.54, 1.807) is 30.3 Å². The Morgan fingerprint density at radius 2 is 1.59 bits per heavy atom. The first-order valence-electron chi connectivity index (χ1n) is 12.1. The highest BCUT2D eigenvalue weighted by molar-refractivity contribution is 6.45. The maximum absolute atomic E-state index is 13.6. The van der Waals surface area contributed by atoms with Crippen molar-refractivity contribution in [3.8, 4) is 0 Å². The van der Waals surface area contributed by atoms with Crippen LogP contribution in [0.5, 0.6) is 0 Å². The van der Waals surface area contributed by atoms with Crippen molar-refractivity contribution in [2.45, 2.75) is 39.2 Å². The van der Waals surface area contributed by atoms with Crippen LogP contribution < -0.4 is 5.32 Å². The second kappa shape index (κ2) is 10.3. The van der Waals surface area contributed by atoms with Gasteiger partial charge in [0.25, 0.3) is 5.91 Å². The topological polar surface area (TPSA) is 89.5 Å². The van der Waals surface area contributed by atoms with Gasteiger partial charge in [-0.25, -0.2) is 4.79 Å². The zero-order chi connectivity index (χ0) is 26.7. The van der Waals surface area contributed by atoms with Crippen LogP contribution in [0.4, 0.5) is 5.69 Å². The minimum Gasteiger partial charge on any atom is -0.453 e. The van der Waals surface area contributed by atoms with Crippen LogP contribution >= 0.6 is 0 Å². The Morgan fingerprint density at radius 1 is 0.919 bits per heavy atom. The number of hydrogen-bond acceptors (Lipinski definition) is 5. The van der Waals surface area contributed by atoms with Crippen LogP contribution in [0.25, 0.3) is 6.08 Å². The molecule has 0 saturated carbocycles. The average Bonchev–Trinajstić information content (AvgIpc) is 3.20. The Labute approximate surface area is 216 Å². The fourth-order valence-electron chi connectivity index (χ4n) is 4.46. The fraction of sp³-hybridized carbons (Fsp3) is 0.226. The van der Waals surface area contributed by atoms with Gasteiger partial charge in [0.2, 0.25) is 5.78 Å². The molecule has 1 aliphatic rings. The van der Waals surface area contributed by atoms with Gasteiger partial charge in [-0.1, -0.05) is 93.6 Å². The molecule has 3 aromatic carbocycles. The Morgan fingerprint density at radius 3 is 2.30 bits per heavy atom. The van der Waals surface area contributed by atoms with Gasteiger partial charge in [0.1, 0.15) is 12.0 Å². The summed E-state index contributed by atoms with van der Waals surface area (Å²) in [5.41, 5.74) is 3.32. The van der Waals surface area contributed by atoms with Gasteiger partial charge in [-0.2, -0.15) is 0 Å². The van der Waals surface area contributed by atoms with E-state index < -0.39 is 35.5 Å². The normalized spacial score (nSPS) is 15.7. The van der Waals surface area contributed by atoms with E-state index in [-0.39, 0.29) is 11.0 Å². The highest BCUT2D eigenvalue weighted by Crippen LogP contribution is 2.38. The molecule has 0 aliphatic carbocycles. The van der Waals surface area contributed by atoms with Crippen LogP contribution in [0.1, 0.15) is 59.5 Å². The van der Waals surface area contributed by atoms with Crippen LogP contribution in [0.2, 0.25) is 0 Å². The number of fused-ring (bicyclic) bond motifs is 1. The highest BCUT2D eigenvalue weighted by Gasteiger charge is 2.45. The lowest BCUT2D eigenvalue weighted by atomic mass is 9.84. The number of Topliss-reactive ketones (excluding diaryl/α,β-unsaturated/α-hetero) is 1. The summed E-state index contributed by atoms with van der Waals surface area (Å²) in [6, 6.07) is 21.3. The van der Waals surface area contributed by atoms with Crippen molar-refractivity contribution in [2.75, 3.05) is 5.32 Å². The number of anilines is 1. The monoisotopic (exact) mass is 495 g/mol. The zero-order valence-corrected chi connectivity index (χ0v) is 21.3. The molecule has 6 nitrogen and oxygen atoms in total. The third kappa shape index (κ3) is 5.43. The molecule has 0 aromatic heterocycles. The van der Waals surface area contributed by atoms with Gasteiger partial charge in [-0.3, -0.25) is 14.4 Å². The van der Waals surface area contributed by atoms with Gasteiger partial charge in [0, 0.05) is 11.3 Å². The standard InChI is InChI=1S/C31H29NO5/c1-19-11-10-16-23(31(2,3)4)26(19)32-29(35)27(34)25(24(33)18-17-20-12-6-5-7-13-20)28-21-14-8-9-15-22(21)30(36)37-28/h5-18,25,28H,1-4H3,(H,32,35)/b18-17+/t25-,28-/m1/s1. The highest BCUT2D eigenvalue weighted by atomic mass is 16.5. The first-order chi connectivity index (χ1) is 17.6.